The topological polar surface area (TPSA) is 30.5 Å². The largest absolute Gasteiger partial charge is 0.491 e. The van der Waals surface area contributed by atoms with Crippen LogP contribution in [0.1, 0.15) is 0 Å². The third-order valence-electron chi connectivity index (χ3n) is 2.64. The van der Waals surface area contributed by atoms with Gasteiger partial charge in [-0.25, -0.2) is 0 Å². The molecule has 0 aliphatic rings. The number of rotatable bonds is 8. The fourth-order valence-corrected chi connectivity index (χ4v) is 1.89. The van der Waals surface area contributed by atoms with Gasteiger partial charge in [0, 0.05) is 17.3 Å². The van der Waals surface area contributed by atoms with E-state index in [0.717, 1.165) is 23.0 Å². The van der Waals surface area contributed by atoms with E-state index in [1.54, 1.807) is 0 Å². The lowest BCUT2D eigenvalue weighted by molar-refractivity contribution is 0.107. The molecule has 3 nitrogen and oxygen atoms in total. The molecule has 0 aliphatic carbocycles. The first-order chi connectivity index (χ1) is 9.84. The van der Waals surface area contributed by atoms with Crippen molar-refractivity contribution >= 4 is 17.3 Å². The smallest absolute Gasteiger partial charge is 0.119 e. The van der Waals surface area contributed by atoms with Crippen LogP contribution in [0.5, 0.6) is 5.75 Å². The van der Waals surface area contributed by atoms with Gasteiger partial charge in [0.2, 0.25) is 0 Å². The van der Waals surface area contributed by atoms with Gasteiger partial charge in [-0.3, -0.25) is 0 Å². The Hall–Kier alpha value is -1.71. The van der Waals surface area contributed by atoms with E-state index in [0.29, 0.717) is 19.8 Å². The summed E-state index contributed by atoms with van der Waals surface area (Å²) in [6.07, 6.45) is 0. The van der Waals surface area contributed by atoms with Crippen molar-refractivity contribution in [3.63, 3.8) is 0 Å². The van der Waals surface area contributed by atoms with Crippen LogP contribution in [0.4, 0.5) is 5.69 Å². The molecule has 2 rings (SSSR count). The van der Waals surface area contributed by atoms with Gasteiger partial charge >= 0.3 is 0 Å². The molecule has 0 radical (unpaired) electrons. The number of para-hydroxylation sites is 1. The number of nitrogens with one attached hydrogen (secondary N) is 1. The minimum atomic E-state index is 0.557. The lowest BCUT2D eigenvalue weighted by Crippen LogP contribution is -2.13. The maximum Gasteiger partial charge on any atom is 0.119 e. The normalized spacial score (nSPS) is 10.2. The number of hydrogen-bond donors (Lipinski definition) is 1. The molecule has 0 heterocycles. The van der Waals surface area contributed by atoms with Crippen molar-refractivity contribution < 1.29 is 9.47 Å². The predicted molar refractivity (Wildman–Crippen MR) is 82.7 cm³/mol. The van der Waals surface area contributed by atoms with Gasteiger partial charge in [-0.15, -0.1) is 0 Å². The van der Waals surface area contributed by atoms with Gasteiger partial charge < -0.3 is 14.8 Å². The zero-order chi connectivity index (χ0) is 14.0. The first-order valence-corrected chi connectivity index (χ1v) is 6.97. The Morgan fingerprint density at radius 3 is 2.55 bits per heavy atom. The molecule has 0 aromatic heterocycles. The van der Waals surface area contributed by atoms with E-state index in [1.807, 2.05) is 54.6 Å². The second-order valence-electron chi connectivity index (χ2n) is 4.21. The summed E-state index contributed by atoms with van der Waals surface area (Å²) in [6.45, 7) is 2.50. The highest BCUT2D eigenvalue weighted by molar-refractivity contribution is 6.30. The van der Waals surface area contributed by atoms with E-state index in [4.69, 9.17) is 21.1 Å². The van der Waals surface area contributed by atoms with Crippen LogP contribution >= 0.6 is 11.6 Å². The SMILES string of the molecule is Clc1cccc(NCCOCCOc2ccccc2)c1. The first kappa shape index (κ1) is 14.7. The summed E-state index contributed by atoms with van der Waals surface area (Å²) >= 11 is 5.90. The summed E-state index contributed by atoms with van der Waals surface area (Å²) < 4.78 is 11.0. The Morgan fingerprint density at radius 1 is 0.900 bits per heavy atom. The Kier molecular flexibility index (Phi) is 6.21. The van der Waals surface area contributed by atoms with Gasteiger partial charge in [-0.2, -0.15) is 0 Å². The van der Waals surface area contributed by atoms with Gasteiger partial charge in [0.1, 0.15) is 12.4 Å². The molecule has 0 aliphatic heterocycles. The maximum absolute atomic E-state index is 5.90. The highest BCUT2D eigenvalue weighted by Gasteiger charge is 1.94. The third-order valence-corrected chi connectivity index (χ3v) is 2.87. The molecule has 2 aromatic carbocycles. The number of anilines is 1. The molecule has 106 valence electrons. The fraction of sp³-hybridized carbons (Fsp3) is 0.250. The minimum Gasteiger partial charge on any atom is -0.491 e. The standard InChI is InChI=1S/C16H18ClNO2/c17-14-5-4-6-15(13-14)18-9-10-19-11-12-20-16-7-2-1-3-8-16/h1-8,13,18H,9-12H2. The average molecular weight is 292 g/mol. The molecular formula is C16H18ClNO2. The molecule has 0 atom stereocenters. The van der Waals surface area contributed by atoms with Crippen LogP contribution in [0, 0.1) is 0 Å². The second kappa shape index (κ2) is 8.46. The maximum atomic E-state index is 5.90. The van der Waals surface area contributed by atoms with Gasteiger partial charge in [-0.1, -0.05) is 35.9 Å². The molecule has 0 saturated carbocycles. The Bertz CT molecular complexity index is 505. The van der Waals surface area contributed by atoms with E-state index in [1.165, 1.54) is 0 Å². The monoisotopic (exact) mass is 291 g/mol. The molecular weight excluding hydrogens is 274 g/mol. The zero-order valence-electron chi connectivity index (χ0n) is 11.2. The number of benzene rings is 2. The average Bonchev–Trinajstić information content (AvgIpc) is 2.47. The van der Waals surface area contributed by atoms with Crippen LogP contribution in [0.25, 0.3) is 0 Å². The van der Waals surface area contributed by atoms with Crippen molar-refractivity contribution in [2.75, 3.05) is 31.7 Å². The molecule has 0 fully saturated rings. The molecule has 2 aromatic rings. The highest BCUT2D eigenvalue weighted by atomic mass is 35.5. The van der Waals surface area contributed by atoms with Crippen LogP contribution in [0.3, 0.4) is 0 Å². The summed E-state index contributed by atoms with van der Waals surface area (Å²) in [4.78, 5) is 0. The highest BCUT2D eigenvalue weighted by Crippen LogP contribution is 2.14. The van der Waals surface area contributed by atoms with Crippen LogP contribution in [-0.2, 0) is 4.74 Å². The third kappa shape index (κ3) is 5.51. The number of hydrogen-bond acceptors (Lipinski definition) is 3. The Balaban J connectivity index is 1.52. The van der Waals surface area contributed by atoms with Gasteiger partial charge in [0.05, 0.1) is 13.2 Å². The van der Waals surface area contributed by atoms with Crippen molar-refractivity contribution in [2.24, 2.45) is 0 Å². The summed E-state index contributed by atoms with van der Waals surface area (Å²) in [7, 11) is 0. The van der Waals surface area contributed by atoms with Crippen molar-refractivity contribution in [3.8, 4) is 5.75 Å². The van der Waals surface area contributed by atoms with Gasteiger partial charge in [0.15, 0.2) is 0 Å². The van der Waals surface area contributed by atoms with E-state index in [2.05, 4.69) is 5.32 Å². The Morgan fingerprint density at radius 2 is 1.75 bits per heavy atom. The zero-order valence-corrected chi connectivity index (χ0v) is 12.0. The van der Waals surface area contributed by atoms with Crippen molar-refractivity contribution in [2.45, 2.75) is 0 Å². The quantitative estimate of drug-likeness (QED) is 0.750. The van der Waals surface area contributed by atoms with Gasteiger partial charge in [-0.05, 0) is 30.3 Å². The van der Waals surface area contributed by atoms with Gasteiger partial charge in [0.25, 0.3) is 0 Å². The summed E-state index contributed by atoms with van der Waals surface area (Å²) in [6, 6.07) is 17.4. The molecule has 0 unspecified atom stereocenters. The van der Waals surface area contributed by atoms with E-state index < -0.39 is 0 Å². The second-order valence-corrected chi connectivity index (χ2v) is 4.65. The lowest BCUT2D eigenvalue weighted by atomic mass is 10.3. The number of ether oxygens (including phenoxy) is 2. The van der Waals surface area contributed by atoms with Crippen LogP contribution in [0.15, 0.2) is 54.6 Å². The molecule has 0 saturated heterocycles. The number of halogens is 1. The minimum absolute atomic E-state index is 0.557. The molecule has 20 heavy (non-hydrogen) atoms. The van der Waals surface area contributed by atoms with Crippen molar-refractivity contribution in [1.29, 1.82) is 0 Å². The first-order valence-electron chi connectivity index (χ1n) is 6.59. The lowest BCUT2D eigenvalue weighted by Gasteiger charge is -2.08. The predicted octanol–water partition coefficient (Wildman–Crippen LogP) is 3.85. The molecule has 0 spiro atoms. The summed E-state index contributed by atoms with van der Waals surface area (Å²) in [5.74, 6) is 0.869. The molecule has 1 N–H and O–H groups in total. The Labute approximate surface area is 124 Å². The summed E-state index contributed by atoms with van der Waals surface area (Å²) in [5.41, 5.74) is 1.00. The van der Waals surface area contributed by atoms with Crippen LogP contribution in [-0.4, -0.2) is 26.4 Å². The molecule has 0 bridgehead atoms. The summed E-state index contributed by atoms with van der Waals surface area (Å²) in [5, 5.41) is 3.97. The van der Waals surface area contributed by atoms with E-state index in [-0.39, 0.29) is 0 Å². The van der Waals surface area contributed by atoms with Crippen LogP contribution < -0.4 is 10.1 Å². The fourth-order valence-electron chi connectivity index (χ4n) is 1.70. The van der Waals surface area contributed by atoms with Crippen LogP contribution in [0.2, 0.25) is 5.02 Å². The van der Waals surface area contributed by atoms with E-state index in [9.17, 15) is 0 Å². The van der Waals surface area contributed by atoms with E-state index >= 15 is 0 Å². The molecule has 0 amide bonds. The van der Waals surface area contributed by atoms with Crippen molar-refractivity contribution in [3.05, 3.63) is 59.6 Å². The molecule has 4 heteroatoms. The van der Waals surface area contributed by atoms with Crippen molar-refractivity contribution in [1.82, 2.24) is 0 Å².